The van der Waals surface area contributed by atoms with Crippen LogP contribution in [0.15, 0.2) is 42.5 Å². The van der Waals surface area contributed by atoms with Crippen LogP contribution in [0.25, 0.3) is 0 Å². The number of rotatable bonds is 6. The third kappa shape index (κ3) is 3.21. The molecule has 0 aliphatic rings. The molecule has 2 rings (SSSR count). The Morgan fingerprint density at radius 1 is 1.14 bits per heavy atom. The molecule has 0 aromatic heterocycles. The van der Waals surface area contributed by atoms with Gasteiger partial charge >= 0.3 is 5.69 Å². The van der Waals surface area contributed by atoms with Crippen LogP contribution < -0.4 is 20.7 Å². The molecule has 0 aliphatic heterocycles. The zero-order valence-electron chi connectivity index (χ0n) is 11.4. The first kappa shape index (κ1) is 14.6. The van der Waals surface area contributed by atoms with E-state index in [9.17, 15) is 10.1 Å². The molecule has 21 heavy (non-hydrogen) atoms. The lowest BCUT2D eigenvalue weighted by molar-refractivity contribution is -0.384. The Hall–Kier alpha value is -2.80. The number of nitrogens with zero attached hydrogens (tertiary/aromatic N) is 1. The molecule has 0 unspecified atom stereocenters. The Balaban J connectivity index is 2.42. The topological polar surface area (TPSA) is 99.7 Å². The number of benzene rings is 2. The van der Waals surface area contributed by atoms with Gasteiger partial charge in [-0.3, -0.25) is 16.0 Å². The van der Waals surface area contributed by atoms with Gasteiger partial charge in [0.15, 0.2) is 11.5 Å². The lowest BCUT2D eigenvalue weighted by Gasteiger charge is -2.12. The zero-order valence-corrected chi connectivity index (χ0v) is 11.4. The Kier molecular flexibility index (Phi) is 4.57. The average Bonchev–Trinajstić information content (AvgIpc) is 2.49. The second-order valence-corrected chi connectivity index (χ2v) is 4.04. The van der Waals surface area contributed by atoms with Crippen molar-refractivity contribution in [1.29, 1.82) is 0 Å². The Morgan fingerprint density at radius 3 is 2.43 bits per heavy atom. The number of nitrogen functional groups attached to an aromatic ring is 1. The van der Waals surface area contributed by atoms with Crippen molar-refractivity contribution in [1.82, 2.24) is 0 Å². The molecule has 0 saturated heterocycles. The summed E-state index contributed by atoms with van der Waals surface area (Å²) in [6.07, 6.45) is 0. The predicted octanol–water partition coefficient (Wildman–Crippen LogP) is 3.07. The number of ether oxygens (including phenoxy) is 2. The van der Waals surface area contributed by atoms with E-state index in [-0.39, 0.29) is 17.1 Å². The average molecular weight is 289 g/mol. The summed E-state index contributed by atoms with van der Waals surface area (Å²) in [5.41, 5.74) is 2.23. The summed E-state index contributed by atoms with van der Waals surface area (Å²) in [5.74, 6) is 6.29. The summed E-state index contributed by atoms with van der Waals surface area (Å²) >= 11 is 0. The molecule has 7 nitrogen and oxygen atoms in total. The third-order valence-electron chi connectivity index (χ3n) is 2.71. The van der Waals surface area contributed by atoms with E-state index in [0.717, 1.165) is 0 Å². The van der Waals surface area contributed by atoms with Crippen LogP contribution in [-0.4, -0.2) is 11.5 Å². The summed E-state index contributed by atoms with van der Waals surface area (Å²) in [6.45, 7) is 2.31. The Labute approximate surface area is 121 Å². The number of hydrogen-bond donors (Lipinski definition) is 2. The number of para-hydroxylation sites is 3. The molecular weight excluding hydrogens is 274 g/mol. The molecule has 0 radical (unpaired) electrons. The number of nitrogens with one attached hydrogen (secondary N) is 1. The summed E-state index contributed by atoms with van der Waals surface area (Å²) in [7, 11) is 0. The smallest absolute Gasteiger partial charge is 0.335 e. The minimum absolute atomic E-state index is 0.0857. The van der Waals surface area contributed by atoms with Crippen LogP contribution in [0, 0.1) is 10.1 Å². The van der Waals surface area contributed by atoms with E-state index in [0.29, 0.717) is 18.1 Å². The highest BCUT2D eigenvalue weighted by Crippen LogP contribution is 2.39. The molecule has 0 spiro atoms. The van der Waals surface area contributed by atoms with Crippen molar-refractivity contribution >= 4 is 11.4 Å². The fraction of sp³-hybridized carbons (Fsp3) is 0.143. The molecule has 7 heteroatoms. The quantitative estimate of drug-likeness (QED) is 0.481. The van der Waals surface area contributed by atoms with E-state index in [2.05, 4.69) is 5.43 Å². The number of hydrogen-bond acceptors (Lipinski definition) is 6. The van der Waals surface area contributed by atoms with E-state index in [4.69, 9.17) is 15.3 Å². The summed E-state index contributed by atoms with van der Waals surface area (Å²) < 4.78 is 11.1. The van der Waals surface area contributed by atoms with Crippen LogP contribution in [0.4, 0.5) is 11.4 Å². The van der Waals surface area contributed by atoms with Gasteiger partial charge in [-0.25, -0.2) is 0 Å². The van der Waals surface area contributed by atoms with E-state index in [1.165, 1.54) is 12.1 Å². The van der Waals surface area contributed by atoms with Crippen LogP contribution >= 0.6 is 0 Å². The molecule has 0 saturated carbocycles. The fourth-order valence-corrected chi connectivity index (χ4v) is 1.84. The standard InChI is InChI=1S/C14H15N3O4/c1-2-20-11-7-3-4-8-12(11)21-13-9-5-6-10(16-15)14(13)17(18)19/h3-9,16H,2,15H2,1H3. The summed E-state index contributed by atoms with van der Waals surface area (Å²) in [6, 6.07) is 11.6. The maximum absolute atomic E-state index is 11.2. The molecule has 3 N–H and O–H groups in total. The molecule has 0 heterocycles. The van der Waals surface area contributed by atoms with E-state index in [1.54, 1.807) is 30.3 Å². The molecule has 0 amide bonds. The van der Waals surface area contributed by atoms with Crippen molar-refractivity contribution in [2.75, 3.05) is 12.0 Å². The van der Waals surface area contributed by atoms with Crippen molar-refractivity contribution in [2.45, 2.75) is 6.92 Å². The van der Waals surface area contributed by atoms with Gasteiger partial charge in [0.2, 0.25) is 5.75 Å². The molecule has 0 atom stereocenters. The van der Waals surface area contributed by atoms with Gasteiger partial charge < -0.3 is 14.9 Å². The Bertz CT molecular complexity index is 646. The van der Waals surface area contributed by atoms with Crippen LogP contribution in [0.2, 0.25) is 0 Å². The fourth-order valence-electron chi connectivity index (χ4n) is 1.84. The predicted molar refractivity (Wildman–Crippen MR) is 78.6 cm³/mol. The normalized spacial score (nSPS) is 10.0. The lowest BCUT2D eigenvalue weighted by atomic mass is 10.2. The van der Waals surface area contributed by atoms with E-state index >= 15 is 0 Å². The van der Waals surface area contributed by atoms with Gasteiger partial charge in [-0.15, -0.1) is 0 Å². The molecule has 2 aromatic rings. The number of nitro groups is 1. The van der Waals surface area contributed by atoms with Gasteiger partial charge in [0, 0.05) is 0 Å². The van der Waals surface area contributed by atoms with Crippen molar-refractivity contribution in [3.63, 3.8) is 0 Å². The number of nitrogens with two attached hydrogens (primary N) is 1. The van der Waals surface area contributed by atoms with Crippen LogP contribution in [0.5, 0.6) is 17.2 Å². The molecule has 0 aliphatic carbocycles. The zero-order chi connectivity index (χ0) is 15.2. The molecule has 0 fully saturated rings. The van der Waals surface area contributed by atoms with Crippen molar-refractivity contribution < 1.29 is 14.4 Å². The largest absolute Gasteiger partial charge is 0.490 e. The SMILES string of the molecule is CCOc1ccccc1Oc1cccc(NN)c1[N+](=O)[O-]. The first-order valence-corrected chi connectivity index (χ1v) is 6.31. The molecule has 2 aromatic carbocycles. The maximum atomic E-state index is 11.2. The van der Waals surface area contributed by atoms with E-state index in [1.807, 2.05) is 6.92 Å². The van der Waals surface area contributed by atoms with E-state index < -0.39 is 4.92 Å². The summed E-state index contributed by atoms with van der Waals surface area (Å²) in [4.78, 5) is 10.7. The van der Waals surface area contributed by atoms with Gasteiger partial charge in [-0.2, -0.15) is 0 Å². The Morgan fingerprint density at radius 2 is 1.81 bits per heavy atom. The summed E-state index contributed by atoms with van der Waals surface area (Å²) in [5, 5.41) is 11.2. The number of anilines is 1. The highest BCUT2D eigenvalue weighted by Gasteiger charge is 2.21. The molecule has 110 valence electrons. The van der Waals surface area contributed by atoms with Crippen molar-refractivity contribution in [2.24, 2.45) is 5.84 Å². The first-order chi connectivity index (χ1) is 10.2. The highest BCUT2D eigenvalue weighted by atomic mass is 16.6. The van der Waals surface area contributed by atoms with Gasteiger partial charge in [0.25, 0.3) is 0 Å². The van der Waals surface area contributed by atoms with Crippen LogP contribution in [0.3, 0.4) is 0 Å². The lowest BCUT2D eigenvalue weighted by Crippen LogP contribution is -2.09. The minimum atomic E-state index is -0.548. The number of hydrazine groups is 1. The van der Waals surface area contributed by atoms with Crippen LogP contribution in [0.1, 0.15) is 6.92 Å². The second-order valence-electron chi connectivity index (χ2n) is 4.04. The minimum Gasteiger partial charge on any atom is -0.490 e. The van der Waals surface area contributed by atoms with Crippen LogP contribution in [-0.2, 0) is 0 Å². The first-order valence-electron chi connectivity index (χ1n) is 6.31. The molecule has 0 bridgehead atoms. The third-order valence-corrected chi connectivity index (χ3v) is 2.71. The molecular formula is C14H15N3O4. The maximum Gasteiger partial charge on any atom is 0.335 e. The number of nitro benzene ring substituents is 1. The monoisotopic (exact) mass is 289 g/mol. The second kappa shape index (κ2) is 6.58. The van der Waals surface area contributed by atoms with Crippen molar-refractivity contribution in [3.8, 4) is 17.2 Å². The van der Waals surface area contributed by atoms with Gasteiger partial charge in [-0.1, -0.05) is 18.2 Å². The highest BCUT2D eigenvalue weighted by molar-refractivity contribution is 5.68. The van der Waals surface area contributed by atoms with Gasteiger partial charge in [0.1, 0.15) is 5.69 Å². The van der Waals surface area contributed by atoms with Gasteiger partial charge in [-0.05, 0) is 31.2 Å². The van der Waals surface area contributed by atoms with Crippen molar-refractivity contribution in [3.05, 3.63) is 52.6 Å². The van der Waals surface area contributed by atoms with Gasteiger partial charge in [0.05, 0.1) is 11.5 Å².